The van der Waals surface area contributed by atoms with Crippen molar-refractivity contribution in [2.24, 2.45) is 0 Å². The van der Waals surface area contributed by atoms with Crippen molar-refractivity contribution in [1.82, 2.24) is 0 Å². The number of carbonyl (C=O) groups excluding carboxylic acids is 1. The fraction of sp³-hybridized carbons (Fsp3) is 0.0588. The lowest BCUT2D eigenvalue weighted by atomic mass is 10.1. The second-order valence-electron chi connectivity index (χ2n) is 4.72. The van der Waals surface area contributed by atoms with Gasteiger partial charge in [-0.1, -0.05) is 48.5 Å². The molecule has 4 heteroatoms. The van der Waals surface area contributed by atoms with Crippen LogP contribution in [0.25, 0.3) is 10.8 Å². The number of halogens is 2. The van der Waals surface area contributed by atoms with E-state index in [4.69, 9.17) is 0 Å². The first kappa shape index (κ1) is 13.4. The lowest BCUT2D eigenvalue weighted by molar-refractivity contribution is -0.735. The number of carbonyl (C=O) groups is 1. The van der Waals surface area contributed by atoms with Crippen LogP contribution in [0.2, 0.25) is 0 Å². The van der Waals surface area contributed by atoms with E-state index in [1.165, 1.54) is 6.07 Å². The van der Waals surface area contributed by atoms with Gasteiger partial charge in [-0.05, 0) is 6.07 Å². The molecule has 0 spiro atoms. The third-order valence-electron chi connectivity index (χ3n) is 3.35. The maximum Gasteiger partial charge on any atom is 0.370 e. The van der Waals surface area contributed by atoms with Gasteiger partial charge in [0.15, 0.2) is 0 Å². The molecule has 0 radical (unpaired) electrons. The molecule has 0 saturated carbocycles. The molecule has 3 aromatic rings. The summed E-state index contributed by atoms with van der Waals surface area (Å²) in [6, 6.07) is 16.3. The van der Waals surface area contributed by atoms with Gasteiger partial charge in [0.2, 0.25) is 12.3 Å². The normalized spacial score (nSPS) is 10.8. The monoisotopic (exact) mass is 284 g/mol. The summed E-state index contributed by atoms with van der Waals surface area (Å²) in [4.78, 5) is 12.1. The van der Waals surface area contributed by atoms with Crippen molar-refractivity contribution in [2.45, 2.75) is 6.54 Å². The number of fused-ring (bicyclic) bond motifs is 1. The van der Waals surface area contributed by atoms with Gasteiger partial charge in [-0.3, -0.25) is 4.79 Å². The highest BCUT2D eigenvalue weighted by molar-refractivity contribution is 5.95. The Hall–Kier alpha value is -2.62. The molecule has 1 aromatic heterocycles. The fourth-order valence-corrected chi connectivity index (χ4v) is 2.26. The molecule has 0 fully saturated rings. The van der Waals surface area contributed by atoms with Gasteiger partial charge in [0.05, 0.1) is 11.5 Å². The minimum atomic E-state index is -0.768. The van der Waals surface area contributed by atoms with Crippen LogP contribution in [0.1, 0.15) is 10.4 Å². The Balaban J connectivity index is 2.03. The van der Waals surface area contributed by atoms with Crippen LogP contribution in [-0.4, -0.2) is 5.78 Å². The predicted molar refractivity (Wildman–Crippen MR) is 74.8 cm³/mol. The lowest BCUT2D eigenvalue weighted by Crippen LogP contribution is -2.45. The molecule has 0 unspecified atom stereocenters. The summed E-state index contributed by atoms with van der Waals surface area (Å²) in [6.45, 7) is -0.369. The van der Waals surface area contributed by atoms with Crippen LogP contribution in [0.4, 0.5) is 8.78 Å². The zero-order valence-electron chi connectivity index (χ0n) is 11.1. The Bertz CT molecular complexity index is 816. The van der Waals surface area contributed by atoms with Gasteiger partial charge >= 0.3 is 11.9 Å². The minimum Gasteiger partial charge on any atom is -0.287 e. The Morgan fingerprint density at radius 1 is 0.952 bits per heavy atom. The highest BCUT2D eigenvalue weighted by atomic mass is 19.1. The van der Waals surface area contributed by atoms with Gasteiger partial charge in [0.1, 0.15) is 0 Å². The van der Waals surface area contributed by atoms with Gasteiger partial charge in [-0.15, -0.1) is 13.3 Å². The number of Topliss-reactive ketones (excluding diaryl/α,β-unsaturated/α-hetero) is 1. The van der Waals surface area contributed by atoms with Crippen LogP contribution in [0.15, 0.2) is 60.7 Å². The van der Waals surface area contributed by atoms with E-state index in [0.29, 0.717) is 16.3 Å². The van der Waals surface area contributed by atoms with E-state index in [-0.39, 0.29) is 12.3 Å². The third kappa shape index (κ3) is 2.52. The van der Waals surface area contributed by atoms with Crippen molar-refractivity contribution >= 4 is 16.6 Å². The molecule has 0 atom stereocenters. The maximum absolute atomic E-state index is 14.4. The Morgan fingerprint density at radius 3 is 2.38 bits per heavy atom. The van der Waals surface area contributed by atoms with Crippen molar-refractivity contribution < 1.29 is 18.1 Å². The summed E-state index contributed by atoms with van der Waals surface area (Å²) in [5.74, 6) is -1.85. The average molecular weight is 284 g/mol. The first-order chi connectivity index (χ1) is 10.2. The largest absolute Gasteiger partial charge is 0.370 e. The molecule has 0 bridgehead atoms. The smallest absolute Gasteiger partial charge is 0.287 e. The van der Waals surface area contributed by atoms with Crippen molar-refractivity contribution in [3.05, 3.63) is 78.1 Å². The molecule has 0 aliphatic heterocycles. The number of hydrogen-bond acceptors (Lipinski definition) is 1. The van der Waals surface area contributed by atoms with Crippen molar-refractivity contribution in [2.75, 3.05) is 0 Å². The van der Waals surface area contributed by atoms with E-state index < -0.39 is 11.9 Å². The fourth-order valence-electron chi connectivity index (χ4n) is 2.26. The summed E-state index contributed by atoms with van der Waals surface area (Å²) in [7, 11) is 0. The molecule has 2 nitrogen and oxygen atoms in total. The van der Waals surface area contributed by atoms with E-state index in [2.05, 4.69) is 0 Å². The Labute approximate surface area is 120 Å². The summed E-state index contributed by atoms with van der Waals surface area (Å²) < 4.78 is 29.2. The van der Waals surface area contributed by atoms with Gasteiger partial charge in [-0.2, -0.15) is 0 Å². The quantitative estimate of drug-likeness (QED) is 0.411. The maximum atomic E-state index is 14.4. The van der Waals surface area contributed by atoms with E-state index in [1.807, 2.05) is 0 Å². The highest BCUT2D eigenvalue weighted by Gasteiger charge is 2.24. The third-order valence-corrected chi connectivity index (χ3v) is 3.35. The zero-order valence-corrected chi connectivity index (χ0v) is 11.1. The first-order valence-electron chi connectivity index (χ1n) is 6.51. The summed E-state index contributed by atoms with van der Waals surface area (Å²) >= 11 is 0. The number of aromatic nitrogens is 1. The van der Waals surface area contributed by atoms with E-state index in [9.17, 15) is 13.6 Å². The van der Waals surface area contributed by atoms with Crippen molar-refractivity contribution in [3.63, 3.8) is 0 Å². The molecule has 1 heterocycles. The topological polar surface area (TPSA) is 20.9 Å². The molecule has 0 N–H and O–H groups in total. The molecular formula is C17H12F2NO+. The number of benzene rings is 2. The van der Waals surface area contributed by atoms with E-state index >= 15 is 0 Å². The van der Waals surface area contributed by atoms with Gasteiger partial charge in [0, 0.05) is 10.9 Å². The second kappa shape index (κ2) is 5.40. The SMILES string of the molecule is O=C(C[n+]1c(F)cc2ccccc2c1F)c1ccccc1. The Morgan fingerprint density at radius 2 is 1.62 bits per heavy atom. The molecule has 0 aliphatic rings. The van der Waals surface area contributed by atoms with Gasteiger partial charge in [-0.25, -0.2) is 0 Å². The Kier molecular flexibility index (Phi) is 3.44. The summed E-state index contributed by atoms with van der Waals surface area (Å²) in [5, 5.41) is 0.760. The highest BCUT2D eigenvalue weighted by Crippen LogP contribution is 2.15. The molecule has 0 aliphatic carbocycles. The van der Waals surface area contributed by atoms with Crippen LogP contribution in [0, 0.1) is 11.9 Å². The van der Waals surface area contributed by atoms with Crippen LogP contribution in [0.3, 0.4) is 0 Å². The zero-order chi connectivity index (χ0) is 14.8. The lowest BCUT2D eigenvalue weighted by Gasteiger charge is -2.03. The molecule has 0 saturated heterocycles. The predicted octanol–water partition coefficient (Wildman–Crippen LogP) is 3.29. The van der Waals surface area contributed by atoms with Crippen molar-refractivity contribution in [1.29, 1.82) is 0 Å². The molecule has 104 valence electrons. The van der Waals surface area contributed by atoms with Crippen LogP contribution >= 0.6 is 0 Å². The van der Waals surface area contributed by atoms with E-state index in [0.717, 1.165) is 4.57 Å². The minimum absolute atomic E-state index is 0.291. The number of rotatable bonds is 3. The van der Waals surface area contributed by atoms with Crippen LogP contribution in [-0.2, 0) is 6.54 Å². The summed E-state index contributed by atoms with van der Waals surface area (Å²) in [5.41, 5.74) is 0.428. The average Bonchev–Trinajstić information content (AvgIpc) is 2.52. The molecule has 21 heavy (non-hydrogen) atoms. The van der Waals surface area contributed by atoms with Gasteiger partial charge < -0.3 is 0 Å². The van der Waals surface area contributed by atoms with Crippen LogP contribution < -0.4 is 4.57 Å². The van der Waals surface area contributed by atoms with Crippen LogP contribution in [0.5, 0.6) is 0 Å². The molecule has 2 aromatic carbocycles. The van der Waals surface area contributed by atoms with E-state index in [1.54, 1.807) is 54.6 Å². The standard InChI is InChI=1S/C17H12F2NO/c18-16-10-13-8-4-5-9-14(13)17(19)20(16)11-15(21)12-6-2-1-3-7-12/h1-10H,11H2/q+1. The number of ketones is 1. The second-order valence-corrected chi connectivity index (χ2v) is 4.72. The molecule has 3 rings (SSSR count). The van der Waals surface area contributed by atoms with Crippen molar-refractivity contribution in [3.8, 4) is 0 Å². The molecular weight excluding hydrogens is 272 g/mol. The number of hydrogen-bond donors (Lipinski definition) is 0. The number of nitrogens with zero attached hydrogens (tertiary/aromatic N) is 1. The molecule has 0 amide bonds. The summed E-state index contributed by atoms with van der Waals surface area (Å²) in [6.07, 6.45) is 0. The first-order valence-corrected chi connectivity index (χ1v) is 6.51. The number of pyridine rings is 1. The van der Waals surface area contributed by atoms with Gasteiger partial charge in [0.25, 0.3) is 0 Å².